The first-order valence-electron chi connectivity index (χ1n) is 19.0. The minimum atomic E-state index is -0.391. The summed E-state index contributed by atoms with van der Waals surface area (Å²) in [7, 11) is 0. The number of nitro groups is 1. The van der Waals surface area contributed by atoms with Crippen LogP contribution in [0.1, 0.15) is 22.8 Å². The molecule has 58 heavy (non-hydrogen) atoms. The van der Waals surface area contributed by atoms with Crippen LogP contribution in [0.5, 0.6) is 0 Å². The molecule has 0 fully saturated rings. The van der Waals surface area contributed by atoms with Crippen LogP contribution in [0.25, 0.3) is 90.9 Å². The summed E-state index contributed by atoms with van der Waals surface area (Å²) in [5.74, 6) is 0. The van der Waals surface area contributed by atoms with Gasteiger partial charge in [-0.1, -0.05) is 121 Å². The van der Waals surface area contributed by atoms with Crippen LogP contribution < -0.4 is 5.32 Å². The molecule has 0 saturated heterocycles. The van der Waals surface area contributed by atoms with Crippen molar-refractivity contribution in [2.45, 2.75) is 0 Å². The minimum absolute atomic E-state index is 0.0203. The van der Waals surface area contributed by atoms with E-state index in [1.807, 2.05) is 72.8 Å². The topological polar surface area (TPSA) is 113 Å². The fraction of sp³-hybridized carbons (Fsp3) is 0. The number of nitro benzene ring substituents is 1. The number of aromatic amines is 2. The third kappa shape index (κ3) is 6.34. The molecule has 0 aliphatic carbocycles. The van der Waals surface area contributed by atoms with Crippen LogP contribution in [0.15, 0.2) is 164 Å². The molecule has 8 bridgehead atoms. The molecule has 276 valence electrons. The van der Waals surface area contributed by atoms with Gasteiger partial charge < -0.3 is 15.3 Å². The molecular weight excluding hydrogens is 717 g/mol. The van der Waals surface area contributed by atoms with Gasteiger partial charge in [0.15, 0.2) is 0 Å². The predicted molar refractivity (Wildman–Crippen MR) is 237 cm³/mol. The van der Waals surface area contributed by atoms with Gasteiger partial charge in [-0.3, -0.25) is 10.1 Å². The van der Waals surface area contributed by atoms with Gasteiger partial charge in [-0.2, -0.15) is 0 Å². The Hall–Kier alpha value is -8.10. The maximum atomic E-state index is 11.6. The summed E-state index contributed by atoms with van der Waals surface area (Å²) >= 11 is 0. The maximum Gasteiger partial charge on any atom is 0.269 e. The van der Waals surface area contributed by atoms with E-state index in [4.69, 9.17) is 9.97 Å². The van der Waals surface area contributed by atoms with E-state index < -0.39 is 4.92 Å². The van der Waals surface area contributed by atoms with Crippen molar-refractivity contribution in [3.8, 4) is 44.5 Å². The molecule has 2 aliphatic rings. The summed E-state index contributed by atoms with van der Waals surface area (Å²) in [6.07, 6.45) is 8.33. The average molecular weight is 751 g/mol. The molecule has 3 aromatic heterocycles. The van der Waals surface area contributed by atoms with E-state index in [1.165, 1.54) is 12.1 Å². The zero-order valence-electron chi connectivity index (χ0n) is 31.1. The second kappa shape index (κ2) is 14.5. The van der Waals surface area contributed by atoms with E-state index in [0.717, 1.165) is 95.0 Å². The Morgan fingerprint density at radius 2 is 0.845 bits per heavy atom. The van der Waals surface area contributed by atoms with Crippen molar-refractivity contribution in [1.82, 2.24) is 19.9 Å². The van der Waals surface area contributed by atoms with Gasteiger partial charge in [0.05, 0.1) is 44.4 Å². The Labute approximate surface area is 333 Å². The molecule has 0 unspecified atom stereocenters. The number of aromatic nitrogens is 4. The lowest BCUT2D eigenvalue weighted by Gasteiger charge is -2.09. The summed E-state index contributed by atoms with van der Waals surface area (Å²) in [6, 6.07) is 54.0. The monoisotopic (exact) mass is 750 g/mol. The smallest absolute Gasteiger partial charge is 0.269 e. The number of anilines is 2. The van der Waals surface area contributed by atoms with Gasteiger partial charge in [0.25, 0.3) is 5.69 Å². The highest BCUT2D eigenvalue weighted by Crippen LogP contribution is 2.41. The molecule has 10 rings (SSSR count). The number of nitrogens with one attached hydrogen (secondary N) is 3. The predicted octanol–water partition coefficient (Wildman–Crippen LogP) is 13.0. The molecule has 3 N–H and O–H groups in total. The van der Waals surface area contributed by atoms with Gasteiger partial charge in [-0.05, 0) is 76.9 Å². The number of hydrogen-bond acceptors (Lipinski definition) is 5. The first kappa shape index (κ1) is 34.4. The van der Waals surface area contributed by atoms with E-state index in [0.29, 0.717) is 5.69 Å². The number of rotatable bonds is 7. The summed E-state index contributed by atoms with van der Waals surface area (Å²) in [5, 5.41) is 15.2. The Kier molecular flexibility index (Phi) is 8.61. The van der Waals surface area contributed by atoms with Crippen molar-refractivity contribution in [2.75, 3.05) is 5.32 Å². The lowest BCUT2D eigenvalue weighted by Crippen LogP contribution is -1.93. The lowest BCUT2D eigenvalue weighted by atomic mass is 10.0. The fourth-order valence-electron chi connectivity index (χ4n) is 7.84. The van der Waals surface area contributed by atoms with Crippen LogP contribution in [0, 0.1) is 10.1 Å². The fourth-order valence-corrected chi connectivity index (χ4v) is 7.84. The van der Waals surface area contributed by atoms with E-state index in [9.17, 15) is 10.1 Å². The van der Waals surface area contributed by atoms with Gasteiger partial charge in [0.1, 0.15) is 0 Å². The second-order valence-electron chi connectivity index (χ2n) is 14.1. The number of hydrogen-bond donors (Lipinski definition) is 3. The standard InChI is InChI=1S/C50H34N6O2/c57-56(58)37-23-21-36(22-24-37)51-45-31-44-48(34-17-9-3-10-18-34)42-28-27-40(53-42)46(32-13-5-1-6-14-32)38-25-26-39(52-38)47(33-15-7-2-8-16-33)41-29-30-43(54-41)49(50(45)55-44)35-19-11-4-12-20-35/h1-31,51-52,55H. The van der Waals surface area contributed by atoms with Gasteiger partial charge >= 0.3 is 0 Å². The quantitative estimate of drug-likeness (QED) is 0.111. The molecule has 0 spiro atoms. The van der Waals surface area contributed by atoms with Gasteiger partial charge in [0, 0.05) is 51.1 Å². The van der Waals surface area contributed by atoms with Crippen LogP contribution in [0.2, 0.25) is 0 Å². The highest BCUT2D eigenvalue weighted by molar-refractivity contribution is 6.03. The lowest BCUT2D eigenvalue weighted by molar-refractivity contribution is -0.384. The summed E-state index contributed by atoms with van der Waals surface area (Å²) < 4.78 is 0. The molecule has 5 aromatic carbocycles. The Morgan fingerprint density at radius 3 is 1.28 bits per heavy atom. The molecule has 8 nitrogen and oxygen atoms in total. The molecule has 8 heteroatoms. The van der Waals surface area contributed by atoms with E-state index in [1.54, 1.807) is 12.1 Å². The van der Waals surface area contributed by atoms with Gasteiger partial charge in [-0.15, -0.1) is 0 Å². The summed E-state index contributed by atoms with van der Waals surface area (Å²) in [6.45, 7) is 0. The summed E-state index contributed by atoms with van der Waals surface area (Å²) in [5.41, 5.74) is 16.0. The van der Waals surface area contributed by atoms with Crippen LogP contribution in [-0.2, 0) is 0 Å². The first-order chi connectivity index (χ1) is 28.6. The van der Waals surface area contributed by atoms with Gasteiger partial charge in [-0.25, -0.2) is 9.97 Å². The maximum absolute atomic E-state index is 11.6. The molecule has 8 aromatic rings. The van der Waals surface area contributed by atoms with Crippen LogP contribution in [0.4, 0.5) is 17.1 Å². The average Bonchev–Trinajstić information content (AvgIpc) is 4.11. The third-order valence-electron chi connectivity index (χ3n) is 10.5. The Bertz CT molecular complexity index is 3080. The molecule has 0 radical (unpaired) electrons. The number of benzene rings is 5. The first-order valence-corrected chi connectivity index (χ1v) is 19.0. The highest BCUT2D eigenvalue weighted by atomic mass is 16.6. The largest absolute Gasteiger partial charge is 0.354 e. The Balaban J connectivity index is 1.39. The van der Waals surface area contributed by atoms with E-state index >= 15 is 0 Å². The molecule has 0 amide bonds. The number of nitrogens with zero attached hydrogens (tertiary/aromatic N) is 3. The molecule has 5 heterocycles. The Morgan fingerprint density at radius 1 is 0.448 bits per heavy atom. The van der Waals surface area contributed by atoms with Crippen molar-refractivity contribution < 1.29 is 4.92 Å². The molecule has 0 saturated carbocycles. The molecule has 2 aliphatic heterocycles. The van der Waals surface area contributed by atoms with Crippen molar-refractivity contribution >= 4 is 63.4 Å². The third-order valence-corrected chi connectivity index (χ3v) is 10.5. The number of non-ortho nitro benzene ring substituents is 1. The SMILES string of the molecule is O=[N+]([O-])c1ccc(Nc2cc3[nH]c2c(-c2ccccc2)c2nc(c(-c4ccccc4)c4ccc([nH]4)c(-c4ccccc4)c4nc(c3-c3ccccc3)C=C4)C=C2)cc1. The van der Waals surface area contributed by atoms with Gasteiger partial charge in [0.2, 0.25) is 0 Å². The van der Waals surface area contributed by atoms with E-state index in [2.05, 4.69) is 106 Å². The van der Waals surface area contributed by atoms with Crippen molar-refractivity contribution in [3.05, 3.63) is 197 Å². The minimum Gasteiger partial charge on any atom is -0.354 e. The normalized spacial score (nSPS) is 11.8. The van der Waals surface area contributed by atoms with Crippen molar-refractivity contribution in [2.24, 2.45) is 0 Å². The van der Waals surface area contributed by atoms with Crippen LogP contribution in [0.3, 0.4) is 0 Å². The second-order valence-corrected chi connectivity index (χ2v) is 14.1. The van der Waals surface area contributed by atoms with Crippen molar-refractivity contribution in [1.29, 1.82) is 0 Å². The number of H-pyrrole nitrogens is 2. The zero-order chi connectivity index (χ0) is 39.0. The van der Waals surface area contributed by atoms with Crippen LogP contribution in [-0.4, -0.2) is 24.9 Å². The summed E-state index contributed by atoms with van der Waals surface area (Å²) in [4.78, 5) is 29.6. The van der Waals surface area contributed by atoms with Crippen molar-refractivity contribution in [3.63, 3.8) is 0 Å². The molecule has 0 atom stereocenters. The van der Waals surface area contributed by atoms with E-state index in [-0.39, 0.29) is 5.69 Å². The zero-order valence-corrected chi connectivity index (χ0v) is 31.1. The molecular formula is C50H34N6O2. The number of fused-ring (bicyclic) bond motifs is 8. The highest BCUT2D eigenvalue weighted by Gasteiger charge is 2.21. The van der Waals surface area contributed by atoms with Crippen LogP contribution >= 0.6 is 0 Å².